The average molecular weight is 199 g/mol. The van der Waals surface area contributed by atoms with Crippen molar-refractivity contribution in [2.24, 2.45) is 0 Å². The van der Waals surface area contributed by atoms with Gasteiger partial charge in [-0.3, -0.25) is 0 Å². The van der Waals surface area contributed by atoms with E-state index in [1.54, 1.807) is 0 Å². The SMILES string of the molecule is Cc1c#cc(C2(C#N)CCOCC2)cc1. The molecule has 2 rings (SSSR count). The predicted molar refractivity (Wildman–Crippen MR) is 56.2 cm³/mol. The highest BCUT2D eigenvalue weighted by molar-refractivity contribution is 5.31. The van der Waals surface area contributed by atoms with Crippen molar-refractivity contribution in [2.45, 2.75) is 25.2 Å². The van der Waals surface area contributed by atoms with Crippen molar-refractivity contribution in [1.29, 1.82) is 5.26 Å². The Morgan fingerprint density at radius 2 is 2.07 bits per heavy atom. The lowest BCUT2D eigenvalue weighted by Gasteiger charge is -2.29. The van der Waals surface area contributed by atoms with Crippen LogP contribution in [-0.4, -0.2) is 13.2 Å². The van der Waals surface area contributed by atoms with E-state index in [2.05, 4.69) is 18.2 Å². The summed E-state index contributed by atoms with van der Waals surface area (Å²) in [6.45, 7) is 3.30. The number of hydrogen-bond acceptors (Lipinski definition) is 2. The first-order valence-corrected chi connectivity index (χ1v) is 5.17. The molecule has 1 aliphatic rings. The first kappa shape index (κ1) is 10.0. The van der Waals surface area contributed by atoms with E-state index >= 15 is 0 Å². The molecule has 76 valence electrons. The summed E-state index contributed by atoms with van der Waals surface area (Å²) in [5.41, 5.74) is 1.61. The minimum atomic E-state index is -0.400. The highest BCUT2D eigenvalue weighted by Gasteiger charge is 2.34. The molecule has 2 nitrogen and oxygen atoms in total. The van der Waals surface area contributed by atoms with E-state index < -0.39 is 5.41 Å². The van der Waals surface area contributed by atoms with Crippen LogP contribution < -0.4 is 0 Å². The molecule has 0 N–H and O–H groups in total. The molecular weight excluding hydrogens is 186 g/mol. The van der Waals surface area contributed by atoms with Gasteiger partial charge in [-0.2, -0.15) is 5.26 Å². The quantitative estimate of drug-likeness (QED) is 0.694. The Balaban J connectivity index is 2.33. The standard InChI is InChI=1S/C13H13NO/c1-11-2-4-12(5-3-11)13(10-14)6-8-15-9-7-13/h2,4H,6-9H2,1H3. The highest BCUT2D eigenvalue weighted by atomic mass is 16.5. The smallest absolute Gasteiger partial charge is 0.0944 e. The van der Waals surface area contributed by atoms with Crippen molar-refractivity contribution in [1.82, 2.24) is 0 Å². The minimum Gasteiger partial charge on any atom is -0.381 e. The fourth-order valence-electron chi connectivity index (χ4n) is 1.90. The Bertz CT molecular complexity index is 369. The Morgan fingerprint density at radius 3 is 2.60 bits per heavy atom. The largest absolute Gasteiger partial charge is 0.381 e. The second-order valence-corrected chi connectivity index (χ2v) is 3.99. The number of nitrogens with zero attached hydrogens (tertiary/aromatic N) is 1. The van der Waals surface area contributed by atoms with Crippen LogP contribution in [0.4, 0.5) is 0 Å². The Kier molecular flexibility index (Phi) is 2.62. The van der Waals surface area contributed by atoms with Gasteiger partial charge in [0, 0.05) is 18.8 Å². The van der Waals surface area contributed by atoms with Crippen molar-refractivity contribution >= 4 is 0 Å². The Labute approximate surface area is 90.5 Å². The van der Waals surface area contributed by atoms with Gasteiger partial charge >= 0.3 is 0 Å². The fraction of sp³-hybridized carbons (Fsp3) is 0.462. The topological polar surface area (TPSA) is 33.0 Å². The lowest BCUT2D eigenvalue weighted by Crippen LogP contribution is -2.32. The van der Waals surface area contributed by atoms with Crippen LogP contribution in [0.25, 0.3) is 0 Å². The van der Waals surface area contributed by atoms with Gasteiger partial charge < -0.3 is 4.74 Å². The van der Waals surface area contributed by atoms with E-state index in [4.69, 9.17) is 4.74 Å². The van der Waals surface area contributed by atoms with Gasteiger partial charge in [0.25, 0.3) is 0 Å². The van der Waals surface area contributed by atoms with Crippen LogP contribution in [0.3, 0.4) is 0 Å². The van der Waals surface area contributed by atoms with Gasteiger partial charge in [-0.1, -0.05) is 12.1 Å². The van der Waals surface area contributed by atoms with Gasteiger partial charge in [-0.25, -0.2) is 0 Å². The summed E-state index contributed by atoms with van der Waals surface area (Å²) >= 11 is 0. The van der Waals surface area contributed by atoms with Crippen LogP contribution in [0, 0.1) is 30.4 Å². The third-order valence-corrected chi connectivity index (χ3v) is 2.97. The molecule has 0 aromatic heterocycles. The fourth-order valence-corrected chi connectivity index (χ4v) is 1.90. The lowest BCUT2D eigenvalue weighted by molar-refractivity contribution is 0.0675. The normalized spacial score (nSPS) is 18.9. The van der Waals surface area contributed by atoms with E-state index in [-0.39, 0.29) is 0 Å². The zero-order valence-corrected chi connectivity index (χ0v) is 8.84. The highest BCUT2D eigenvalue weighted by Crippen LogP contribution is 2.32. The molecular formula is C13H13NO. The van der Waals surface area contributed by atoms with Crippen LogP contribution in [0.5, 0.6) is 0 Å². The van der Waals surface area contributed by atoms with Crippen molar-refractivity contribution < 1.29 is 4.74 Å². The number of nitriles is 1. The Morgan fingerprint density at radius 1 is 1.33 bits per heavy atom. The van der Waals surface area contributed by atoms with E-state index in [0.717, 1.165) is 24.0 Å². The summed E-state index contributed by atoms with van der Waals surface area (Å²) < 4.78 is 5.30. The second-order valence-electron chi connectivity index (χ2n) is 3.99. The third-order valence-electron chi connectivity index (χ3n) is 2.97. The molecule has 0 saturated carbocycles. The van der Waals surface area contributed by atoms with Crippen molar-refractivity contribution in [3.63, 3.8) is 0 Å². The third kappa shape index (κ3) is 1.82. The van der Waals surface area contributed by atoms with Gasteiger partial charge in [0.1, 0.15) is 0 Å². The number of rotatable bonds is 1. The first-order chi connectivity index (χ1) is 7.27. The zero-order chi connectivity index (χ0) is 10.7. The molecule has 0 bridgehead atoms. The molecule has 1 heterocycles. The molecule has 0 unspecified atom stereocenters. The van der Waals surface area contributed by atoms with E-state index in [1.807, 2.05) is 19.1 Å². The van der Waals surface area contributed by atoms with Crippen molar-refractivity contribution in [3.05, 3.63) is 35.4 Å². The molecule has 1 aromatic carbocycles. The van der Waals surface area contributed by atoms with Gasteiger partial charge in [0.05, 0.1) is 11.5 Å². The average Bonchev–Trinajstić information content (AvgIpc) is 2.31. The molecule has 0 radical (unpaired) electrons. The van der Waals surface area contributed by atoms with Gasteiger partial charge in [0.15, 0.2) is 0 Å². The number of aryl methyl sites for hydroxylation is 1. The number of hydrogen-bond donors (Lipinski definition) is 0. The summed E-state index contributed by atoms with van der Waals surface area (Å²) in [6, 6.07) is 12.5. The van der Waals surface area contributed by atoms with Crippen LogP contribution in [0.1, 0.15) is 24.0 Å². The molecule has 2 heteroatoms. The first-order valence-electron chi connectivity index (χ1n) is 5.17. The van der Waals surface area contributed by atoms with Crippen LogP contribution >= 0.6 is 0 Å². The van der Waals surface area contributed by atoms with Crippen molar-refractivity contribution in [3.8, 4) is 6.07 Å². The second kappa shape index (κ2) is 3.93. The molecule has 1 fully saturated rings. The van der Waals surface area contributed by atoms with Gasteiger partial charge in [-0.15, -0.1) is 0 Å². The Hall–Kier alpha value is -1.51. The maximum atomic E-state index is 9.32. The van der Waals surface area contributed by atoms with Gasteiger partial charge in [-0.05, 0) is 37.5 Å². The molecule has 1 aromatic rings. The summed E-state index contributed by atoms with van der Waals surface area (Å²) in [7, 11) is 0. The predicted octanol–water partition coefficient (Wildman–Crippen LogP) is 2.17. The maximum Gasteiger partial charge on any atom is 0.0944 e. The lowest BCUT2D eigenvalue weighted by atomic mass is 9.76. The van der Waals surface area contributed by atoms with E-state index in [0.29, 0.717) is 13.2 Å². The zero-order valence-electron chi connectivity index (χ0n) is 8.84. The maximum absolute atomic E-state index is 9.32. The minimum absolute atomic E-state index is 0.400. The van der Waals surface area contributed by atoms with E-state index in [1.165, 1.54) is 0 Å². The van der Waals surface area contributed by atoms with Crippen LogP contribution in [0.2, 0.25) is 0 Å². The monoisotopic (exact) mass is 199 g/mol. The molecule has 1 saturated heterocycles. The summed E-state index contributed by atoms with van der Waals surface area (Å²) in [6.07, 6.45) is 1.52. The van der Waals surface area contributed by atoms with Crippen LogP contribution in [-0.2, 0) is 10.2 Å². The molecule has 0 amide bonds. The summed E-state index contributed by atoms with van der Waals surface area (Å²) in [5, 5.41) is 9.32. The van der Waals surface area contributed by atoms with Crippen LogP contribution in [0.15, 0.2) is 12.1 Å². The molecule has 15 heavy (non-hydrogen) atoms. The number of ether oxygens (including phenoxy) is 1. The molecule has 0 atom stereocenters. The summed E-state index contributed by atoms with van der Waals surface area (Å²) in [5.74, 6) is 0. The molecule has 0 aliphatic carbocycles. The molecule has 1 aliphatic heterocycles. The summed E-state index contributed by atoms with van der Waals surface area (Å²) in [4.78, 5) is 0. The molecule has 0 spiro atoms. The van der Waals surface area contributed by atoms with Gasteiger partial charge in [0.2, 0.25) is 0 Å². The van der Waals surface area contributed by atoms with E-state index in [9.17, 15) is 5.26 Å². The van der Waals surface area contributed by atoms with Crippen molar-refractivity contribution in [2.75, 3.05) is 13.2 Å².